The van der Waals surface area contributed by atoms with Gasteiger partial charge in [0.15, 0.2) is 10.9 Å². The van der Waals surface area contributed by atoms with Crippen LogP contribution in [0.4, 0.5) is 0 Å². The molecule has 0 N–H and O–H groups in total. The molecule has 0 bridgehead atoms. The molecule has 1 heterocycles. The van der Waals surface area contributed by atoms with Gasteiger partial charge in [0.1, 0.15) is 17.3 Å². The Balaban J connectivity index is 1.77. The third kappa shape index (κ3) is 3.81. The Morgan fingerprint density at radius 2 is 2.04 bits per heavy atom. The molecule has 1 aliphatic carbocycles. The number of rotatable bonds is 8. The molecule has 1 aromatic carbocycles. The average Bonchev–Trinajstić information content (AvgIpc) is 3.37. The molecule has 0 radical (unpaired) electrons. The summed E-state index contributed by atoms with van der Waals surface area (Å²) in [6, 6.07) is 5.73. The van der Waals surface area contributed by atoms with E-state index in [0.717, 1.165) is 23.8 Å². The summed E-state index contributed by atoms with van der Waals surface area (Å²) >= 11 is 1.43. The Hall–Kier alpha value is -2.02. The fourth-order valence-electron chi connectivity index (χ4n) is 2.70. The van der Waals surface area contributed by atoms with E-state index >= 15 is 0 Å². The van der Waals surface area contributed by atoms with E-state index in [1.807, 2.05) is 0 Å². The van der Waals surface area contributed by atoms with Crippen molar-refractivity contribution in [1.82, 2.24) is 14.8 Å². The lowest BCUT2D eigenvalue weighted by atomic mass is 10.1. The summed E-state index contributed by atoms with van der Waals surface area (Å²) in [6.07, 6.45) is 2.31. The van der Waals surface area contributed by atoms with Crippen molar-refractivity contribution in [1.29, 1.82) is 0 Å². The molecule has 7 heteroatoms. The van der Waals surface area contributed by atoms with Crippen molar-refractivity contribution in [2.24, 2.45) is 0 Å². The minimum absolute atomic E-state index is 0.0165. The highest BCUT2D eigenvalue weighted by Crippen LogP contribution is 2.40. The normalized spacial score (nSPS) is 14.0. The van der Waals surface area contributed by atoms with Crippen molar-refractivity contribution in [3.05, 3.63) is 29.6 Å². The van der Waals surface area contributed by atoms with Crippen LogP contribution in [0.1, 0.15) is 54.8 Å². The Bertz CT molecular complexity index is 769. The van der Waals surface area contributed by atoms with Crippen LogP contribution in [0.15, 0.2) is 23.4 Å². The maximum atomic E-state index is 12.7. The van der Waals surface area contributed by atoms with Gasteiger partial charge in [0.2, 0.25) is 0 Å². The number of carbonyl (C=O) groups is 1. The van der Waals surface area contributed by atoms with Crippen LogP contribution >= 0.6 is 11.8 Å². The number of hydrogen-bond acceptors (Lipinski definition) is 6. The number of ketones is 1. The fraction of sp³-hybridized carbons (Fsp3) is 0.500. The number of methoxy groups -OCH3 is 2. The fourth-order valence-corrected chi connectivity index (χ4v) is 3.59. The summed E-state index contributed by atoms with van der Waals surface area (Å²) < 4.78 is 12.7. The maximum Gasteiger partial charge on any atom is 0.191 e. The van der Waals surface area contributed by atoms with Gasteiger partial charge in [0.25, 0.3) is 0 Å². The van der Waals surface area contributed by atoms with Gasteiger partial charge in [-0.15, -0.1) is 10.2 Å². The number of carbonyl (C=O) groups excluding carboxylic acids is 1. The van der Waals surface area contributed by atoms with Gasteiger partial charge in [-0.3, -0.25) is 4.79 Å². The van der Waals surface area contributed by atoms with Gasteiger partial charge in [-0.1, -0.05) is 25.6 Å². The smallest absolute Gasteiger partial charge is 0.191 e. The molecule has 1 fully saturated rings. The molecule has 1 aromatic heterocycles. The van der Waals surface area contributed by atoms with Gasteiger partial charge < -0.3 is 14.0 Å². The van der Waals surface area contributed by atoms with Crippen LogP contribution in [0.3, 0.4) is 0 Å². The lowest BCUT2D eigenvalue weighted by Gasteiger charge is -2.11. The van der Waals surface area contributed by atoms with Crippen LogP contribution in [0.2, 0.25) is 0 Å². The lowest BCUT2D eigenvalue weighted by molar-refractivity contribution is 0.101. The van der Waals surface area contributed by atoms with Gasteiger partial charge >= 0.3 is 0 Å². The number of thioether (sulfide) groups is 1. The first kappa shape index (κ1) is 17.8. The average molecular weight is 361 g/mol. The highest BCUT2D eigenvalue weighted by Gasteiger charge is 2.30. The van der Waals surface area contributed by atoms with Gasteiger partial charge in [-0.25, -0.2) is 0 Å². The predicted octanol–water partition coefficient (Wildman–Crippen LogP) is 3.73. The van der Waals surface area contributed by atoms with E-state index in [0.29, 0.717) is 29.0 Å². The summed E-state index contributed by atoms with van der Waals surface area (Å²) in [5.74, 6) is 2.77. The highest BCUT2D eigenvalue weighted by molar-refractivity contribution is 7.99. The first-order chi connectivity index (χ1) is 12.0. The minimum atomic E-state index is -0.0165. The molecule has 25 heavy (non-hydrogen) atoms. The molecule has 6 nitrogen and oxygen atoms in total. The van der Waals surface area contributed by atoms with E-state index in [1.54, 1.807) is 32.4 Å². The van der Waals surface area contributed by atoms with Crippen molar-refractivity contribution in [2.45, 2.75) is 43.8 Å². The molecule has 0 spiro atoms. The number of aromatic nitrogens is 3. The van der Waals surface area contributed by atoms with Crippen LogP contribution < -0.4 is 9.47 Å². The van der Waals surface area contributed by atoms with E-state index in [4.69, 9.17) is 9.47 Å². The van der Waals surface area contributed by atoms with E-state index < -0.39 is 0 Å². The number of benzene rings is 1. The molecular formula is C18H23N3O3S. The van der Waals surface area contributed by atoms with Crippen LogP contribution in [0.25, 0.3) is 0 Å². The molecule has 1 aliphatic rings. The van der Waals surface area contributed by atoms with Gasteiger partial charge in [0.05, 0.1) is 25.5 Å². The Kier molecular flexibility index (Phi) is 5.32. The molecule has 0 saturated heterocycles. The third-order valence-electron chi connectivity index (χ3n) is 4.16. The highest BCUT2D eigenvalue weighted by atomic mass is 32.2. The second kappa shape index (κ2) is 7.47. The van der Waals surface area contributed by atoms with E-state index in [2.05, 4.69) is 28.6 Å². The maximum absolute atomic E-state index is 12.7. The van der Waals surface area contributed by atoms with Crippen molar-refractivity contribution in [3.8, 4) is 11.5 Å². The van der Waals surface area contributed by atoms with Gasteiger partial charge in [-0.2, -0.15) is 0 Å². The van der Waals surface area contributed by atoms with E-state index in [1.165, 1.54) is 11.8 Å². The van der Waals surface area contributed by atoms with Gasteiger partial charge in [0, 0.05) is 12.0 Å². The first-order valence-electron chi connectivity index (χ1n) is 8.38. The van der Waals surface area contributed by atoms with Crippen molar-refractivity contribution < 1.29 is 14.3 Å². The molecule has 0 aliphatic heterocycles. The van der Waals surface area contributed by atoms with Crippen LogP contribution in [-0.2, 0) is 0 Å². The zero-order valence-electron chi connectivity index (χ0n) is 15.0. The summed E-state index contributed by atoms with van der Waals surface area (Å²) in [4.78, 5) is 12.7. The molecular weight excluding hydrogens is 338 g/mol. The second-order valence-corrected chi connectivity index (χ2v) is 7.32. The topological polar surface area (TPSA) is 66.2 Å². The first-order valence-corrected chi connectivity index (χ1v) is 9.36. The SMILES string of the molecule is COc1ccc(OC)c(C(=O)CSc2nnc(C(C)C)n2C2CC2)c1. The quantitative estimate of drug-likeness (QED) is 0.527. The van der Waals surface area contributed by atoms with Crippen molar-refractivity contribution in [3.63, 3.8) is 0 Å². The number of Topliss-reactive ketones (excluding diaryl/α,β-unsaturated/α-hetero) is 1. The monoisotopic (exact) mass is 361 g/mol. The predicted molar refractivity (Wildman–Crippen MR) is 97.0 cm³/mol. The Morgan fingerprint density at radius 3 is 2.64 bits per heavy atom. The molecule has 1 saturated carbocycles. The van der Waals surface area contributed by atoms with Crippen LogP contribution in [-0.4, -0.2) is 40.5 Å². The lowest BCUT2D eigenvalue weighted by Crippen LogP contribution is -2.08. The summed E-state index contributed by atoms with van der Waals surface area (Å²) in [6.45, 7) is 4.23. The van der Waals surface area contributed by atoms with Crippen molar-refractivity contribution in [2.75, 3.05) is 20.0 Å². The number of nitrogens with zero attached hydrogens (tertiary/aromatic N) is 3. The standard InChI is InChI=1S/C18H23N3O3S/c1-11(2)17-19-20-18(21(17)12-5-6-12)25-10-15(22)14-9-13(23-3)7-8-16(14)24-4/h7-9,11-12H,5-6,10H2,1-4H3. The largest absolute Gasteiger partial charge is 0.497 e. The number of ether oxygens (including phenoxy) is 2. The zero-order valence-corrected chi connectivity index (χ0v) is 15.8. The summed E-state index contributed by atoms with van der Waals surface area (Å²) in [7, 11) is 3.14. The Labute approximate surface area is 151 Å². The minimum Gasteiger partial charge on any atom is -0.497 e. The van der Waals surface area contributed by atoms with E-state index in [-0.39, 0.29) is 11.5 Å². The number of hydrogen-bond donors (Lipinski definition) is 0. The summed E-state index contributed by atoms with van der Waals surface area (Å²) in [5, 5.41) is 9.45. The molecule has 0 unspecified atom stereocenters. The molecule has 134 valence electrons. The van der Waals surface area contributed by atoms with Crippen molar-refractivity contribution >= 4 is 17.5 Å². The van der Waals surface area contributed by atoms with E-state index in [9.17, 15) is 4.79 Å². The Morgan fingerprint density at radius 1 is 1.28 bits per heavy atom. The summed E-state index contributed by atoms with van der Waals surface area (Å²) in [5.41, 5.74) is 0.524. The molecule has 0 atom stereocenters. The van der Waals surface area contributed by atoms with Gasteiger partial charge in [-0.05, 0) is 31.0 Å². The van der Waals surface area contributed by atoms with Crippen LogP contribution in [0, 0.1) is 0 Å². The molecule has 3 rings (SSSR count). The second-order valence-electron chi connectivity index (χ2n) is 6.37. The third-order valence-corrected chi connectivity index (χ3v) is 5.10. The molecule has 0 amide bonds. The molecule has 2 aromatic rings. The zero-order chi connectivity index (χ0) is 18.0. The van der Waals surface area contributed by atoms with Crippen LogP contribution in [0.5, 0.6) is 11.5 Å².